The molecule has 1 amide bonds. The van der Waals surface area contributed by atoms with Crippen molar-refractivity contribution in [3.63, 3.8) is 0 Å². The van der Waals surface area contributed by atoms with Gasteiger partial charge in [0.25, 0.3) is 5.91 Å². The summed E-state index contributed by atoms with van der Waals surface area (Å²) < 4.78 is 10.7. The maximum atomic E-state index is 12.7. The highest BCUT2D eigenvalue weighted by Crippen LogP contribution is 2.32. The van der Waals surface area contributed by atoms with Gasteiger partial charge in [0.05, 0.1) is 43.2 Å². The van der Waals surface area contributed by atoms with Gasteiger partial charge in [-0.1, -0.05) is 18.2 Å². The van der Waals surface area contributed by atoms with Crippen LogP contribution < -0.4 is 10.1 Å². The number of aliphatic hydroxyl groups is 1. The molecule has 0 aliphatic carbocycles. The van der Waals surface area contributed by atoms with E-state index in [1.807, 2.05) is 6.07 Å². The third-order valence-corrected chi connectivity index (χ3v) is 4.29. The molecular weight excluding hydrogens is 374 g/mol. The van der Waals surface area contributed by atoms with Crippen LogP contribution in [0.15, 0.2) is 59.8 Å². The number of nitrogens with zero attached hydrogens (tertiary/aromatic N) is 2. The van der Waals surface area contributed by atoms with E-state index in [-0.39, 0.29) is 31.0 Å². The third kappa shape index (κ3) is 4.36. The highest BCUT2D eigenvalue weighted by Gasteiger charge is 2.34. The zero-order valence-corrected chi connectivity index (χ0v) is 15.7. The number of methoxy groups -OCH3 is 1. The first-order valence-electron chi connectivity index (χ1n) is 8.83. The number of nitrogens with one attached hydrogen (secondary N) is 1. The molecule has 2 aromatic carbocycles. The molecule has 1 heterocycles. The predicted molar refractivity (Wildman–Crippen MR) is 104 cm³/mol. The van der Waals surface area contributed by atoms with Gasteiger partial charge < -0.3 is 24.8 Å². The molecule has 8 heteroatoms. The molecule has 0 fully saturated rings. The number of ether oxygens (including phenoxy) is 2. The molecule has 2 N–H and O–H groups in total. The summed E-state index contributed by atoms with van der Waals surface area (Å²) in [6, 6.07) is 15.6. The molecule has 2 aromatic rings. The maximum absolute atomic E-state index is 12.7. The lowest BCUT2D eigenvalue weighted by Crippen LogP contribution is -2.31. The summed E-state index contributed by atoms with van der Waals surface area (Å²) in [5.74, 6) is -0.171. The number of rotatable bonds is 7. The molecule has 0 aromatic heterocycles. The minimum absolute atomic E-state index is 0.0433. The van der Waals surface area contributed by atoms with Crippen molar-refractivity contribution in [1.29, 1.82) is 5.26 Å². The first kappa shape index (κ1) is 19.9. The van der Waals surface area contributed by atoms with Crippen LogP contribution in [0.25, 0.3) is 0 Å². The van der Waals surface area contributed by atoms with E-state index >= 15 is 0 Å². The van der Waals surface area contributed by atoms with E-state index in [0.717, 1.165) is 0 Å². The Hall–Kier alpha value is -3.83. The van der Waals surface area contributed by atoms with Gasteiger partial charge in [0.1, 0.15) is 11.4 Å². The first-order chi connectivity index (χ1) is 14.1. The summed E-state index contributed by atoms with van der Waals surface area (Å²) in [4.78, 5) is 26.2. The van der Waals surface area contributed by atoms with Gasteiger partial charge in [-0.15, -0.1) is 0 Å². The Kier molecular flexibility index (Phi) is 6.12. The minimum Gasteiger partial charge on any atom is -0.466 e. The van der Waals surface area contributed by atoms with Crippen LogP contribution in [0, 0.1) is 11.3 Å². The second kappa shape index (κ2) is 8.91. The Morgan fingerprint density at radius 3 is 2.79 bits per heavy atom. The SMILES string of the molecule is COC(=O)C1=C(Nc2ccccc2Oc2cccc(C#N)c2)C(=O)N(CCO)C1. The molecular formula is C21H19N3O5. The van der Waals surface area contributed by atoms with Gasteiger partial charge in [-0.05, 0) is 30.3 Å². The molecule has 0 spiro atoms. The largest absolute Gasteiger partial charge is 0.466 e. The number of para-hydroxylation sites is 2. The normalized spacial score (nSPS) is 13.3. The molecule has 8 nitrogen and oxygen atoms in total. The van der Waals surface area contributed by atoms with Crippen LogP contribution in [-0.4, -0.2) is 48.7 Å². The molecule has 148 valence electrons. The molecule has 29 heavy (non-hydrogen) atoms. The van der Waals surface area contributed by atoms with Crippen molar-refractivity contribution in [2.45, 2.75) is 0 Å². The monoisotopic (exact) mass is 393 g/mol. The quantitative estimate of drug-likeness (QED) is 0.692. The van der Waals surface area contributed by atoms with Gasteiger partial charge in [0.15, 0.2) is 5.75 Å². The highest BCUT2D eigenvalue weighted by atomic mass is 16.5. The van der Waals surface area contributed by atoms with E-state index in [0.29, 0.717) is 22.7 Å². The topological polar surface area (TPSA) is 112 Å². The number of amides is 1. The van der Waals surface area contributed by atoms with Gasteiger partial charge >= 0.3 is 5.97 Å². The van der Waals surface area contributed by atoms with Crippen LogP contribution >= 0.6 is 0 Å². The molecule has 0 saturated carbocycles. The number of aliphatic hydroxyl groups excluding tert-OH is 1. The fourth-order valence-electron chi connectivity index (χ4n) is 2.90. The smallest absolute Gasteiger partial charge is 0.337 e. The van der Waals surface area contributed by atoms with E-state index in [1.54, 1.807) is 48.5 Å². The van der Waals surface area contributed by atoms with Crippen LogP contribution in [0.1, 0.15) is 5.56 Å². The van der Waals surface area contributed by atoms with Gasteiger partial charge in [-0.3, -0.25) is 4.79 Å². The minimum atomic E-state index is -0.624. The van der Waals surface area contributed by atoms with E-state index in [1.165, 1.54) is 12.0 Å². The number of benzene rings is 2. The average molecular weight is 393 g/mol. The molecule has 0 saturated heterocycles. The number of nitriles is 1. The summed E-state index contributed by atoms with van der Waals surface area (Å²) in [6.07, 6.45) is 0. The summed E-state index contributed by atoms with van der Waals surface area (Å²) in [7, 11) is 1.24. The maximum Gasteiger partial charge on any atom is 0.337 e. The van der Waals surface area contributed by atoms with Crippen molar-refractivity contribution in [3.8, 4) is 17.6 Å². The lowest BCUT2D eigenvalue weighted by atomic mass is 10.2. The van der Waals surface area contributed by atoms with Gasteiger partial charge in [0, 0.05) is 6.54 Å². The Balaban J connectivity index is 1.92. The fourth-order valence-corrected chi connectivity index (χ4v) is 2.90. The van der Waals surface area contributed by atoms with Crippen molar-refractivity contribution in [3.05, 3.63) is 65.4 Å². The van der Waals surface area contributed by atoms with Crippen molar-refractivity contribution >= 4 is 17.6 Å². The molecule has 0 atom stereocenters. The van der Waals surface area contributed by atoms with Crippen molar-refractivity contribution in [2.24, 2.45) is 0 Å². The van der Waals surface area contributed by atoms with Crippen molar-refractivity contribution < 1.29 is 24.2 Å². The summed E-state index contributed by atoms with van der Waals surface area (Å²) in [5.41, 5.74) is 1.17. The average Bonchev–Trinajstić information content (AvgIpc) is 3.05. The number of anilines is 1. The number of hydrogen-bond acceptors (Lipinski definition) is 7. The van der Waals surface area contributed by atoms with Crippen LogP contribution in [-0.2, 0) is 14.3 Å². The fraction of sp³-hybridized carbons (Fsp3) is 0.190. The number of carbonyl (C=O) groups excluding carboxylic acids is 2. The van der Waals surface area contributed by atoms with Gasteiger partial charge in [-0.2, -0.15) is 5.26 Å². The Morgan fingerprint density at radius 2 is 2.07 bits per heavy atom. The zero-order valence-electron chi connectivity index (χ0n) is 15.7. The molecule has 0 unspecified atom stereocenters. The second-order valence-electron chi connectivity index (χ2n) is 6.16. The summed E-state index contributed by atoms with van der Waals surface area (Å²) in [6.45, 7) is -0.0757. The Labute approximate surface area is 167 Å². The van der Waals surface area contributed by atoms with Crippen LogP contribution in [0.4, 0.5) is 5.69 Å². The van der Waals surface area contributed by atoms with Crippen LogP contribution in [0.5, 0.6) is 11.5 Å². The lowest BCUT2D eigenvalue weighted by molar-refractivity contribution is -0.136. The molecule has 0 bridgehead atoms. The summed E-state index contributed by atoms with van der Waals surface area (Å²) >= 11 is 0. The molecule has 1 aliphatic rings. The number of carbonyl (C=O) groups is 2. The van der Waals surface area contributed by atoms with Crippen LogP contribution in [0.3, 0.4) is 0 Å². The van der Waals surface area contributed by atoms with E-state index in [9.17, 15) is 9.59 Å². The van der Waals surface area contributed by atoms with E-state index in [2.05, 4.69) is 5.32 Å². The van der Waals surface area contributed by atoms with Crippen LogP contribution in [0.2, 0.25) is 0 Å². The van der Waals surface area contributed by atoms with E-state index < -0.39 is 11.9 Å². The lowest BCUT2D eigenvalue weighted by Gasteiger charge is -2.16. The van der Waals surface area contributed by atoms with Crippen molar-refractivity contribution in [2.75, 3.05) is 32.1 Å². The van der Waals surface area contributed by atoms with Gasteiger partial charge in [-0.25, -0.2) is 4.79 Å². The first-order valence-corrected chi connectivity index (χ1v) is 8.83. The Morgan fingerprint density at radius 1 is 1.28 bits per heavy atom. The predicted octanol–water partition coefficient (Wildman–Crippen LogP) is 2.02. The summed E-state index contributed by atoms with van der Waals surface area (Å²) in [5, 5.41) is 21.2. The number of β-amino-alcohol motifs (C(OH)–C–C–N with tert-alkyl or cyclic N) is 1. The molecule has 1 aliphatic heterocycles. The third-order valence-electron chi connectivity index (χ3n) is 4.29. The van der Waals surface area contributed by atoms with E-state index in [4.69, 9.17) is 19.8 Å². The van der Waals surface area contributed by atoms with Crippen molar-refractivity contribution in [1.82, 2.24) is 4.90 Å². The zero-order chi connectivity index (χ0) is 20.8. The second-order valence-corrected chi connectivity index (χ2v) is 6.16. The molecule has 0 radical (unpaired) electrons. The Bertz CT molecular complexity index is 1010. The van der Waals surface area contributed by atoms with Gasteiger partial charge in [0.2, 0.25) is 0 Å². The standard InChI is InChI=1S/C21H19N3O5/c1-28-21(27)16-13-24(9-10-25)20(26)19(16)23-17-7-2-3-8-18(17)29-15-6-4-5-14(11-15)12-22/h2-8,11,23,25H,9-10,13H2,1H3. The molecule has 3 rings (SSSR count). The number of esters is 1. The number of hydrogen-bond donors (Lipinski definition) is 2. The highest BCUT2D eigenvalue weighted by molar-refractivity contribution is 6.08.